The third-order valence-corrected chi connectivity index (χ3v) is 2.43. The average molecular weight is 177 g/mol. The Hall–Kier alpha value is -1.51. The van der Waals surface area contributed by atoms with E-state index in [0.29, 0.717) is 11.5 Å². The van der Waals surface area contributed by atoms with Gasteiger partial charge in [-0.15, -0.1) is 0 Å². The molecule has 2 rings (SSSR count). The van der Waals surface area contributed by atoms with Crippen molar-refractivity contribution in [1.29, 1.82) is 0 Å². The molecule has 1 aromatic rings. The van der Waals surface area contributed by atoms with Gasteiger partial charge in [-0.2, -0.15) is 0 Å². The Morgan fingerprint density at radius 1 is 1.62 bits per heavy atom. The number of fused-ring (bicyclic) bond motifs is 1. The number of hydrogen-bond donors (Lipinski definition) is 2. The van der Waals surface area contributed by atoms with Crippen molar-refractivity contribution in [2.45, 2.75) is 12.8 Å². The van der Waals surface area contributed by atoms with Crippen LogP contribution < -0.4 is 5.32 Å². The second-order valence-corrected chi connectivity index (χ2v) is 3.35. The fourth-order valence-corrected chi connectivity index (χ4v) is 1.80. The fourth-order valence-electron chi connectivity index (χ4n) is 1.80. The number of rotatable bonds is 1. The highest BCUT2D eigenvalue weighted by atomic mass is 16.4. The third-order valence-electron chi connectivity index (χ3n) is 2.43. The third kappa shape index (κ3) is 1.16. The molecule has 0 saturated heterocycles. The largest absolute Gasteiger partial charge is 0.478 e. The van der Waals surface area contributed by atoms with Gasteiger partial charge in [-0.25, -0.2) is 4.79 Å². The number of carboxylic acids is 1. The zero-order valence-electron chi connectivity index (χ0n) is 7.37. The van der Waals surface area contributed by atoms with Crippen LogP contribution in [0.4, 0.5) is 5.69 Å². The number of hydrogen-bond acceptors (Lipinski definition) is 2. The predicted octanol–water partition coefficient (Wildman–Crippen LogP) is 1.91. The summed E-state index contributed by atoms with van der Waals surface area (Å²) < 4.78 is 0. The monoisotopic (exact) mass is 177 g/mol. The Bertz CT molecular complexity index is 360. The normalized spacial score (nSPS) is 19.3. The first-order chi connectivity index (χ1) is 6.20. The second kappa shape index (κ2) is 2.76. The van der Waals surface area contributed by atoms with E-state index < -0.39 is 5.97 Å². The Labute approximate surface area is 76.4 Å². The number of carboxylic acid groups (broad SMARTS) is 1. The summed E-state index contributed by atoms with van der Waals surface area (Å²) >= 11 is 0. The average Bonchev–Trinajstić information content (AvgIpc) is 2.48. The Morgan fingerprint density at radius 3 is 3.08 bits per heavy atom. The molecule has 0 aliphatic carbocycles. The zero-order valence-corrected chi connectivity index (χ0v) is 7.37. The Morgan fingerprint density at radius 2 is 2.38 bits per heavy atom. The maximum atomic E-state index is 10.9. The van der Waals surface area contributed by atoms with Crippen molar-refractivity contribution < 1.29 is 9.90 Å². The molecular formula is C10H11NO2. The molecule has 1 aliphatic rings. The SMILES string of the molecule is C[C@H]1CNc2cccc(C(=O)O)c21. The van der Waals surface area contributed by atoms with Gasteiger partial charge in [0.25, 0.3) is 0 Å². The molecule has 1 aromatic carbocycles. The van der Waals surface area contributed by atoms with E-state index in [1.807, 2.05) is 13.0 Å². The molecule has 1 atom stereocenters. The van der Waals surface area contributed by atoms with Gasteiger partial charge in [0.15, 0.2) is 0 Å². The molecule has 2 N–H and O–H groups in total. The minimum Gasteiger partial charge on any atom is -0.478 e. The van der Waals surface area contributed by atoms with Crippen LogP contribution in [-0.2, 0) is 0 Å². The van der Waals surface area contributed by atoms with Crippen molar-refractivity contribution in [3.8, 4) is 0 Å². The molecule has 68 valence electrons. The van der Waals surface area contributed by atoms with Gasteiger partial charge in [0, 0.05) is 18.2 Å². The lowest BCUT2D eigenvalue weighted by Crippen LogP contribution is -2.03. The van der Waals surface area contributed by atoms with Crippen LogP contribution >= 0.6 is 0 Å². The first-order valence-electron chi connectivity index (χ1n) is 4.30. The van der Waals surface area contributed by atoms with Crippen LogP contribution in [0.3, 0.4) is 0 Å². The van der Waals surface area contributed by atoms with Crippen molar-refractivity contribution in [2.24, 2.45) is 0 Å². The van der Waals surface area contributed by atoms with E-state index in [4.69, 9.17) is 5.11 Å². The van der Waals surface area contributed by atoms with Crippen LogP contribution in [0, 0.1) is 0 Å². The van der Waals surface area contributed by atoms with Gasteiger partial charge in [-0.1, -0.05) is 13.0 Å². The van der Waals surface area contributed by atoms with Crippen LogP contribution in [0.15, 0.2) is 18.2 Å². The Kier molecular flexibility index (Phi) is 1.72. The molecule has 0 unspecified atom stereocenters. The minimum absolute atomic E-state index is 0.294. The summed E-state index contributed by atoms with van der Waals surface area (Å²) in [4.78, 5) is 10.9. The predicted molar refractivity (Wildman–Crippen MR) is 50.3 cm³/mol. The van der Waals surface area contributed by atoms with Crippen LogP contribution in [-0.4, -0.2) is 17.6 Å². The topological polar surface area (TPSA) is 49.3 Å². The van der Waals surface area contributed by atoms with Crippen molar-refractivity contribution >= 4 is 11.7 Å². The molecule has 0 radical (unpaired) electrons. The number of anilines is 1. The summed E-state index contributed by atoms with van der Waals surface area (Å²) in [6.45, 7) is 2.87. The van der Waals surface area contributed by atoms with Gasteiger partial charge in [0.1, 0.15) is 0 Å². The van der Waals surface area contributed by atoms with Crippen molar-refractivity contribution in [3.63, 3.8) is 0 Å². The number of nitrogens with one attached hydrogen (secondary N) is 1. The molecule has 0 bridgehead atoms. The summed E-state index contributed by atoms with van der Waals surface area (Å²) in [5.41, 5.74) is 2.33. The highest BCUT2D eigenvalue weighted by molar-refractivity contribution is 5.92. The van der Waals surface area contributed by atoms with E-state index in [0.717, 1.165) is 17.8 Å². The van der Waals surface area contributed by atoms with Gasteiger partial charge < -0.3 is 10.4 Å². The highest BCUT2D eigenvalue weighted by Gasteiger charge is 2.23. The standard InChI is InChI=1S/C10H11NO2/c1-6-5-11-8-4-2-3-7(9(6)8)10(12)13/h2-4,6,11H,5H2,1H3,(H,12,13)/t6-/m0/s1. The van der Waals surface area contributed by atoms with Gasteiger partial charge in [0.05, 0.1) is 5.56 Å². The lowest BCUT2D eigenvalue weighted by molar-refractivity contribution is 0.0695. The van der Waals surface area contributed by atoms with Gasteiger partial charge >= 0.3 is 5.97 Å². The van der Waals surface area contributed by atoms with Crippen LogP contribution in [0.1, 0.15) is 28.8 Å². The maximum absolute atomic E-state index is 10.9. The maximum Gasteiger partial charge on any atom is 0.336 e. The molecule has 0 aromatic heterocycles. The van der Waals surface area contributed by atoms with Gasteiger partial charge in [0.2, 0.25) is 0 Å². The molecule has 0 amide bonds. The molecule has 3 heteroatoms. The fraction of sp³-hybridized carbons (Fsp3) is 0.300. The number of aromatic carboxylic acids is 1. The van der Waals surface area contributed by atoms with E-state index in [9.17, 15) is 4.79 Å². The smallest absolute Gasteiger partial charge is 0.336 e. The second-order valence-electron chi connectivity index (χ2n) is 3.35. The molecule has 3 nitrogen and oxygen atoms in total. The quantitative estimate of drug-likeness (QED) is 0.689. The van der Waals surface area contributed by atoms with Gasteiger partial charge in [-0.05, 0) is 17.7 Å². The molecule has 1 aliphatic heterocycles. The molecular weight excluding hydrogens is 166 g/mol. The van der Waals surface area contributed by atoms with Crippen molar-refractivity contribution in [2.75, 3.05) is 11.9 Å². The molecule has 0 saturated carbocycles. The van der Waals surface area contributed by atoms with Gasteiger partial charge in [-0.3, -0.25) is 0 Å². The first kappa shape index (κ1) is 8.10. The summed E-state index contributed by atoms with van der Waals surface area (Å²) in [6.07, 6.45) is 0. The number of carbonyl (C=O) groups is 1. The molecule has 13 heavy (non-hydrogen) atoms. The van der Waals surface area contributed by atoms with E-state index in [2.05, 4.69) is 5.32 Å². The van der Waals surface area contributed by atoms with Crippen LogP contribution in [0.2, 0.25) is 0 Å². The molecule has 0 spiro atoms. The molecule has 0 fully saturated rings. The summed E-state index contributed by atoms with van der Waals surface area (Å²) in [6, 6.07) is 5.35. The highest BCUT2D eigenvalue weighted by Crippen LogP contribution is 2.33. The van der Waals surface area contributed by atoms with Crippen molar-refractivity contribution in [3.05, 3.63) is 29.3 Å². The first-order valence-corrected chi connectivity index (χ1v) is 4.30. The lowest BCUT2D eigenvalue weighted by Gasteiger charge is -2.06. The summed E-state index contributed by atoms with van der Waals surface area (Å²) in [5.74, 6) is -0.547. The van der Waals surface area contributed by atoms with Crippen LogP contribution in [0.25, 0.3) is 0 Å². The van der Waals surface area contributed by atoms with Crippen molar-refractivity contribution in [1.82, 2.24) is 0 Å². The minimum atomic E-state index is -0.840. The number of benzene rings is 1. The van der Waals surface area contributed by atoms with E-state index in [1.165, 1.54) is 0 Å². The zero-order chi connectivity index (χ0) is 9.42. The summed E-state index contributed by atoms with van der Waals surface area (Å²) in [7, 11) is 0. The van der Waals surface area contributed by atoms with Crippen LogP contribution in [0.5, 0.6) is 0 Å². The lowest BCUT2D eigenvalue weighted by atomic mass is 9.97. The summed E-state index contributed by atoms with van der Waals surface area (Å²) in [5, 5.41) is 12.1. The van der Waals surface area contributed by atoms with E-state index in [1.54, 1.807) is 12.1 Å². The van der Waals surface area contributed by atoms with E-state index in [-0.39, 0.29) is 0 Å². The molecule has 1 heterocycles. The van der Waals surface area contributed by atoms with E-state index >= 15 is 0 Å². The Balaban J connectivity index is 2.60.